The molecule has 1 aromatic heterocycles. The molecule has 0 saturated carbocycles. The Morgan fingerprint density at radius 2 is 1.86 bits per heavy atom. The van der Waals surface area contributed by atoms with Crippen LogP contribution in [0.5, 0.6) is 5.75 Å². The van der Waals surface area contributed by atoms with E-state index in [4.69, 9.17) is 14.9 Å². The lowest BCUT2D eigenvalue weighted by atomic mass is 10.0. The van der Waals surface area contributed by atoms with Crippen molar-refractivity contribution in [2.24, 2.45) is 5.73 Å². The number of ether oxygens (including phenoxy) is 2. The van der Waals surface area contributed by atoms with Gasteiger partial charge in [-0.25, -0.2) is 4.98 Å². The summed E-state index contributed by atoms with van der Waals surface area (Å²) in [6, 6.07) is 16.8. The number of carbonyl (C=O) groups excluding carboxylic acids is 1. The van der Waals surface area contributed by atoms with Gasteiger partial charge in [-0.3, -0.25) is 4.79 Å². The van der Waals surface area contributed by atoms with Crippen molar-refractivity contribution in [2.45, 2.75) is 25.8 Å². The van der Waals surface area contributed by atoms with Crippen LogP contribution in [0.4, 0.5) is 0 Å². The highest BCUT2D eigenvalue weighted by Crippen LogP contribution is 2.22. The molecule has 0 amide bonds. The molecule has 6 nitrogen and oxygen atoms in total. The zero-order chi connectivity index (χ0) is 19.9. The number of nitrogens with zero attached hydrogens (tertiary/aromatic N) is 1. The van der Waals surface area contributed by atoms with Crippen LogP contribution in [0, 0.1) is 6.92 Å². The molecule has 1 unspecified atom stereocenters. The Hall–Kier alpha value is -3.12. The summed E-state index contributed by atoms with van der Waals surface area (Å²) in [4.78, 5) is 15.9. The van der Waals surface area contributed by atoms with Gasteiger partial charge in [0.25, 0.3) is 0 Å². The van der Waals surface area contributed by atoms with Crippen LogP contribution < -0.4 is 10.5 Å². The molecule has 6 heteroatoms. The van der Waals surface area contributed by atoms with Crippen molar-refractivity contribution in [3.05, 3.63) is 71.6 Å². The molecule has 0 aliphatic rings. The zero-order valence-electron chi connectivity index (χ0n) is 16.1. The second kappa shape index (κ2) is 9.19. The van der Waals surface area contributed by atoms with Gasteiger partial charge in [0, 0.05) is 18.0 Å². The summed E-state index contributed by atoms with van der Waals surface area (Å²) < 4.78 is 16.2. The lowest BCUT2D eigenvalue weighted by Gasteiger charge is -2.11. The topological polar surface area (TPSA) is 87.6 Å². The molecule has 0 bridgehead atoms. The predicted molar refractivity (Wildman–Crippen MR) is 106 cm³/mol. The largest absolute Gasteiger partial charge is 0.493 e. The summed E-state index contributed by atoms with van der Waals surface area (Å²) in [6.45, 7) is 2.39. The molecule has 0 saturated heterocycles. The lowest BCUT2D eigenvalue weighted by Crippen LogP contribution is -2.16. The molecule has 146 valence electrons. The minimum atomic E-state index is -0.393. The Morgan fingerprint density at radius 1 is 1.14 bits per heavy atom. The summed E-state index contributed by atoms with van der Waals surface area (Å²) in [5.74, 6) is 1.83. The standard InChI is InChI=1S/C22H24N2O4/c1-15-20(24-22(28-15)17-6-4-3-5-7-17)12-13-27-18-10-8-16(9-11-18)19(23)14-21(25)26-2/h3-11,19H,12-14,23H2,1-2H3. The summed E-state index contributed by atoms with van der Waals surface area (Å²) >= 11 is 0. The van der Waals surface area contributed by atoms with E-state index >= 15 is 0 Å². The van der Waals surface area contributed by atoms with Gasteiger partial charge < -0.3 is 19.6 Å². The Balaban J connectivity index is 1.54. The van der Waals surface area contributed by atoms with Crippen molar-refractivity contribution in [1.82, 2.24) is 4.98 Å². The number of hydrogen-bond acceptors (Lipinski definition) is 6. The first-order valence-electron chi connectivity index (χ1n) is 9.13. The van der Waals surface area contributed by atoms with Gasteiger partial charge in [-0.1, -0.05) is 30.3 Å². The van der Waals surface area contributed by atoms with E-state index in [1.807, 2.05) is 61.5 Å². The maximum absolute atomic E-state index is 11.3. The number of oxazole rings is 1. The first kappa shape index (κ1) is 19.6. The number of hydrogen-bond donors (Lipinski definition) is 1. The van der Waals surface area contributed by atoms with Gasteiger partial charge >= 0.3 is 5.97 Å². The quantitative estimate of drug-likeness (QED) is 0.598. The lowest BCUT2D eigenvalue weighted by molar-refractivity contribution is -0.141. The fourth-order valence-electron chi connectivity index (χ4n) is 2.82. The van der Waals surface area contributed by atoms with Gasteiger partial charge in [-0.2, -0.15) is 0 Å². The SMILES string of the molecule is COC(=O)CC(N)c1ccc(OCCc2nc(-c3ccccc3)oc2C)cc1. The summed E-state index contributed by atoms with van der Waals surface area (Å²) in [7, 11) is 1.35. The van der Waals surface area contributed by atoms with Gasteiger partial charge in [0.15, 0.2) is 0 Å². The molecule has 0 aliphatic carbocycles. The third kappa shape index (κ3) is 4.98. The number of carbonyl (C=O) groups is 1. The van der Waals surface area contributed by atoms with Crippen molar-refractivity contribution in [3.63, 3.8) is 0 Å². The van der Waals surface area contributed by atoms with E-state index in [1.165, 1.54) is 7.11 Å². The van der Waals surface area contributed by atoms with E-state index < -0.39 is 6.04 Å². The Morgan fingerprint density at radius 3 is 2.54 bits per heavy atom. The summed E-state index contributed by atoms with van der Waals surface area (Å²) in [6.07, 6.45) is 0.789. The van der Waals surface area contributed by atoms with E-state index in [1.54, 1.807) is 0 Å². The minimum Gasteiger partial charge on any atom is -0.493 e. The van der Waals surface area contributed by atoms with Crippen LogP contribution in [0.1, 0.15) is 29.5 Å². The molecular formula is C22H24N2O4. The first-order chi connectivity index (χ1) is 13.6. The fraction of sp³-hybridized carbons (Fsp3) is 0.273. The van der Waals surface area contributed by atoms with Crippen LogP contribution in [-0.4, -0.2) is 24.7 Å². The fourth-order valence-corrected chi connectivity index (χ4v) is 2.82. The van der Waals surface area contributed by atoms with Crippen LogP contribution in [0.2, 0.25) is 0 Å². The van der Waals surface area contributed by atoms with E-state index in [2.05, 4.69) is 9.72 Å². The van der Waals surface area contributed by atoms with Crippen molar-refractivity contribution in [3.8, 4) is 17.2 Å². The van der Waals surface area contributed by atoms with Gasteiger partial charge in [-0.15, -0.1) is 0 Å². The third-order valence-electron chi connectivity index (χ3n) is 4.44. The molecule has 3 rings (SSSR count). The second-order valence-electron chi connectivity index (χ2n) is 6.44. The molecule has 3 aromatic rings. The number of aromatic nitrogens is 1. The molecule has 1 atom stereocenters. The molecule has 1 heterocycles. The summed E-state index contributed by atoms with van der Waals surface area (Å²) in [5.41, 5.74) is 8.70. The van der Waals surface area contributed by atoms with E-state index in [0.717, 1.165) is 28.3 Å². The van der Waals surface area contributed by atoms with Crippen LogP contribution in [0.25, 0.3) is 11.5 Å². The van der Waals surface area contributed by atoms with E-state index in [-0.39, 0.29) is 12.4 Å². The van der Waals surface area contributed by atoms with Crippen molar-refractivity contribution < 1.29 is 18.7 Å². The van der Waals surface area contributed by atoms with E-state index in [9.17, 15) is 4.79 Å². The van der Waals surface area contributed by atoms with Crippen molar-refractivity contribution in [2.75, 3.05) is 13.7 Å². The average molecular weight is 380 g/mol. The number of esters is 1. The maximum Gasteiger partial charge on any atom is 0.307 e. The maximum atomic E-state index is 11.3. The van der Waals surface area contributed by atoms with E-state index in [0.29, 0.717) is 18.9 Å². The first-order valence-corrected chi connectivity index (χ1v) is 9.13. The van der Waals surface area contributed by atoms with Crippen LogP contribution in [0.3, 0.4) is 0 Å². The van der Waals surface area contributed by atoms with Crippen LogP contribution in [-0.2, 0) is 16.0 Å². The van der Waals surface area contributed by atoms with Crippen molar-refractivity contribution in [1.29, 1.82) is 0 Å². The molecule has 2 N–H and O–H groups in total. The Labute approximate surface area is 164 Å². The van der Waals surface area contributed by atoms with Crippen molar-refractivity contribution >= 4 is 5.97 Å². The number of rotatable bonds is 8. The number of methoxy groups -OCH3 is 1. The van der Waals surface area contributed by atoms with Gasteiger partial charge in [0.1, 0.15) is 11.5 Å². The highest BCUT2D eigenvalue weighted by Gasteiger charge is 2.13. The number of benzene rings is 2. The second-order valence-corrected chi connectivity index (χ2v) is 6.44. The van der Waals surface area contributed by atoms with Gasteiger partial charge in [0.2, 0.25) is 5.89 Å². The molecular weight excluding hydrogens is 356 g/mol. The highest BCUT2D eigenvalue weighted by atomic mass is 16.5. The number of nitrogens with two attached hydrogens (primary N) is 1. The molecule has 0 fully saturated rings. The van der Waals surface area contributed by atoms with Crippen LogP contribution in [0.15, 0.2) is 59.0 Å². The third-order valence-corrected chi connectivity index (χ3v) is 4.44. The minimum absolute atomic E-state index is 0.145. The average Bonchev–Trinajstić information content (AvgIpc) is 3.09. The Bertz CT molecular complexity index is 904. The van der Waals surface area contributed by atoms with Gasteiger partial charge in [-0.05, 0) is 36.8 Å². The van der Waals surface area contributed by atoms with Crippen LogP contribution >= 0.6 is 0 Å². The van der Waals surface area contributed by atoms with Gasteiger partial charge in [0.05, 0.1) is 25.8 Å². The monoisotopic (exact) mass is 380 g/mol. The molecule has 0 spiro atoms. The molecule has 28 heavy (non-hydrogen) atoms. The summed E-state index contributed by atoms with van der Waals surface area (Å²) in [5, 5.41) is 0. The smallest absolute Gasteiger partial charge is 0.307 e. The molecule has 0 radical (unpaired) electrons. The highest BCUT2D eigenvalue weighted by molar-refractivity contribution is 5.70. The normalized spacial score (nSPS) is 11.8. The number of aryl methyl sites for hydroxylation is 1. The Kier molecular flexibility index (Phi) is 6.45. The zero-order valence-corrected chi connectivity index (χ0v) is 16.1. The molecule has 2 aromatic carbocycles. The molecule has 0 aliphatic heterocycles. The predicted octanol–water partition coefficient (Wildman–Crippen LogP) is 3.83.